The van der Waals surface area contributed by atoms with Gasteiger partial charge in [-0.15, -0.1) is 0 Å². The summed E-state index contributed by atoms with van der Waals surface area (Å²) in [4.78, 5) is 32.6. The summed E-state index contributed by atoms with van der Waals surface area (Å²) in [7, 11) is 0. The van der Waals surface area contributed by atoms with Gasteiger partial charge in [0.25, 0.3) is 0 Å². The molecule has 2 aliphatic heterocycles. The zero-order valence-electron chi connectivity index (χ0n) is 15.6. The van der Waals surface area contributed by atoms with Crippen molar-refractivity contribution < 1.29 is 14.0 Å². The molecular weight excluding hydrogens is 371 g/mol. The molecule has 0 radical (unpaired) electrons. The average Bonchev–Trinajstić information content (AvgIpc) is 2.87. The number of nitrogens with one attached hydrogen (secondary N) is 1. The van der Waals surface area contributed by atoms with Gasteiger partial charge in [-0.2, -0.15) is 0 Å². The number of anilines is 1. The van der Waals surface area contributed by atoms with Crippen LogP contribution in [0.5, 0.6) is 0 Å². The van der Waals surface area contributed by atoms with Crippen molar-refractivity contribution >= 4 is 29.2 Å². The Bertz CT molecular complexity index is 696. The van der Waals surface area contributed by atoms with E-state index < -0.39 is 5.82 Å². The molecule has 2 aliphatic rings. The zero-order chi connectivity index (χ0) is 19.4. The predicted octanol–water partition coefficient (Wildman–Crippen LogP) is 2.93. The van der Waals surface area contributed by atoms with Crippen molar-refractivity contribution in [3.63, 3.8) is 0 Å². The van der Waals surface area contributed by atoms with Gasteiger partial charge in [-0.05, 0) is 38.2 Å². The fourth-order valence-corrected chi connectivity index (χ4v) is 4.00. The van der Waals surface area contributed by atoms with Gasteiger partial charge in [-0.25, -0.2) is 9.37 Å². The molecule has 2 atom stereocenters. The van der Waals surface area contributed by atoms with Crippen LogP contribution in [0.1, 0.15) is 39.0 Å². The third-order valence-corrected chi connectivity index (χ3v) is 5.56. The van der Waals surface area contributed by atoms with Crippen molar-refractivity contribution in [2.45, 2.75) is 45.1 Å². The van der Waals surface area contributed by atoms with Gasteiger partial charge >= 0.3 is 0 Å². The van der Waals surface area contributed by atoms with Crippen LogP contribution in [0.15, 0.2) is 12.3 Å². The Morgan fingerprint density at radius 1 is 1.19 bits per heavy atom. The van der Waals surface area contributed by atoms with E-state index in [1.54, 1.807) is 4.90 Å². The Kier molecular flexibility index (Phi) is 6.52. The fourth-order valence-electron chi connectivity index (χ4n) is 3.85. The monoisotopic (exact) mass is 396 g/mol. The van der Waals surface area contributed by atoms with Crippen molar-refractivity contribution in [3.05, 3.63) is 23.1 Å². The Labute approximate surface area is 164 Å². The molecule has 27 heavy (non-hydrogen) atoms. The number of halogens is 2. The first kappa shape index (κ1) is 19.9. The van der Waals surface area contributed by atoms with Gasteiger partial charge < -0.3 is 15.1 Å². The lowest BCUT2D eigenvalue weighted by Crippen LogP contribution is -2.44. The highest BCUT2D eigenvalue weighted by Crippen LogP contribution is 2.24. The number of carbonyl (C=O) groups is 2. The lowest BCUT2D eigenvalue weighted by atomic mass is 9.99. The third kappa shape index (κ3) is 5.09. The Hall–Kier alpha value is -1.89. The number of aromatic nitrogens is 1. The molecule has 0 aromatic carbocycles. The molecule has 0 aliphatic carbocycles. The fraction of sp³-hybridized carbons (Fsp3) is 0.632. The summed E-state index contributed by atoms with van der Waals surface area (Å²) < 4.78 is 14.1. The molecule has 1 aromatic heterocycles. The molecule has 6 nitrogen and oxygen atoms in total. The minimum Gasteiger partial charge on any atom is -0.363 e. The van der Waals surface area contributed by atoms with E-state index in [9.17, 15) is 14.0 Å². The SMILES string of the molecule is CC(=O)N1C[C@@H](Nc2ncc(Cl)cc2F)CC[C@@H](C(=O)N2CCCCC2)C1. The molecule has 3 heterocycles. The smallest absolute Gasteiger partial charge is 0.227 e. The van der Waals surface area contributed by atoms with Crippen LogP contribution < -0.4 is 5.32 Å². The minimum atomic E-state index is -0.526. The van der Waals surface area contributed by atoms with Crippen molar-refractivity contribution in [1.29, 1.82) is 0 Å². The maximum absolute atomic E-state index is 14.1. The Morgan fingerprint density at radius 3 is 2.59 bits per heavy atom. The van der Waals surface area contributed by atoms with Crippen LogP contribution in [0, 0.1) is 11.7 Å². The zero-order valence-corrected chi connectivity index (χ0v) is 16.3. The molecule has 2 fully saturated rings. The van der Waals surface area contributed by atoms with Crippen LogP contribution in [0.25, 0.3) is 0 Å². The number of nitrogens with zero attached hydrogens (tertiary/aromatic N) is 3. The van der Waals surface area contributed by atoms with Crippen LogP contribution in [0.3, 0.4) is 0 Å². The van der Waals surface area contributed by atoms with Gasteiger partial charge in [0.1, 0.15) is 0 Å². The maximum atomic E-state index is 14.1. The number of piperidine rings is 1. The van der Waals surface area contributed by atoms with Gasteiger partial charge in [0.15, 0.2) is 11.6 Å². The second kappa shape index (κ2) is 8.87. The van der Waals surface area contributed by atoms with Crippen molar-refractivity contribution in [1.82, 2.24) is 14.8 Å². The second-order valence-electron chi connectivity index (χ2n) is 7.41. The summed E-state index contributed by atoms with van der Waals surface area (Å²) in [6.07, 6.45) is 5.96. The molecule has 2 saturated heterocycles. The van der Waals surface area contributed by atoms with E-state index in [2.05, 4.69) is 10.3 Å². The molecule has 2 amide bonds. The Morgan fingerprint density at radius 2 is 1.93 bits per heavy atom. The number of pyridine rings is 1. The summed E-state index contributed by atoms with van der Waals surface area (Å²) in [6, 6.07) is 1.04. The molecule has 1 aromatic rings. The summed E-state index contributed by atoms with van der Waals surface area (Å²) >= 11 is 5.75. The quantitative estimate of drug-likeness (QED) is 0.853. The Balaban J connectivity index is 1.70. The predicted molar refractivity (Wildman–Crippen MR) is 102 cm³/mol. The van der Waals surface area contributed by atoms with Gasteiger partial charge in [-0.3, -0.25) is 9.59 Å². The van der Waals surface area contributed by atoms with E-state index >= 15 is 0 Å². The van der Waals surface area contributed by atoms with E-state index in [-0.39, 0.29) is 34.6 Å². The second-order valence-corrected chi connectivity index (χ2v) is 7.85. The first-order valence-electron chi connectivity index (χ1n) is 9.56. The highest BCUT2D eigenvalue weighted by atomic mass is 35.5. The van der Waals surface area contributed by atoms with E-state index in [1.165, 1.54) is 25.6 Å². The number of amides is 2. The number of rotatable bonds is 3. The molecule has 0 bridgehead atoms. The van der Waals surface area contributed by atoms with E-state index in [0.717, 1.165) is 25.9 Å². The molecular formula is C19H26ClFN4O2. The lowest BCUT2D eigenvalue weighted by Gasteiger charge is -2.31. The van der Waals surface area contributed by atoms with E-state index in [4.69, 9.17) is 11.6 Å². The number of hydrogen-bond donors (Lipinski definition) is 1. The minimum absolute atomic E-state index is 0.0790. The topological polar surface area (TPSA) is 65.5 Å². The van der Waals surface area contributed by atoms with Gasteiger partial charge in [0.05, 0.1) is 10.9 Å². The lowest BCUT2D eigenvalue weighted by molar-refractivity contribution is -0.138. The largest absolute Gasteiger partial charge is 0.363 e. The molecule has 8 heteroatoms. The summed E-state index contributed by atoms with van der Waals surface area (Å²) in [5, 5.41) is 3.31. The molecule has 3 rings (SSSR count). The van der Waals surface area contributed by atoms with E-state index in [1.807, 2.05) is 4.90 Å². The molecule has 148 valence electrons. The van der Waals surface area contributed by atoms with Gasteiger partial charge in [0.2, 0.25) is 11.8 Å². The van der Waals surface area contributed by atoms with Crippen molar-refractivity contribution in [2.75, 3.05) is 31.5 Å². The molecule has 1 N–H and O–H groups in total. The molecule has 0 saturated carbocycles. The normalized spacial score (nSPS) is 23.7. The number of hydrogen-bond acceptors (Lipinski definition) is 4. The third-order valence-electron chi connectivity index (χ3n) is 5.36. The van der Waals surface area contributed by atoms with Crippen molar-refractivity contribution in [2.24, 2.45) is 5.92 Å². The van der Waals surface area contributed by atoms with Crippen LogP contribution in [-0.2, 0) is 9.59 Å². The maximum Gasteiger partial charge on any atom is 0.227 e. The molecule has 0 unspecified atom stereocenters. The van der Waals surface area contributed by atoms with Crippen LogP contribution >= 0.6 is 11.6 Å². The van der Waals surface area contributed by atoms with Gasteiger partial charge in [0, 0.05) is 45.3 Å². The first-order valence-corrected chi connectivity index (χ1v) is 9.93. The highest BCUT2D eigenvalue weighted by molar-refractivity contribution is 6.30. The number of carbonyl (C=O) groups excluding carboxylic acids is 2. The van der Waals surface area contributed by atoms with Crippen LogP contribution in [-0.4, -0.2) is 58.8 Å². The van der Waals surface area contributed by atoms with Gasteiger partial charge in [-0.1, -0.05) is 11.6 Å². The number of likely N-dealkylation sites (tertiary alicyclic amines) is 2. The summed E-state index contributed by atoms with van der Waals surface area (Å²) in [5.41, 5.74) is 0. The van der Waals surface area contributed by atoms with E-state index in [0.29, 0.717) is 25.9 Å². The standard InChI is InChI=1S/C19H26ClFN4O2/c1-13(26)25-11-14(19(27)24-7-3-2-4-8-24)5-6-16(12-25)23-18-17(21)9-15(20)10-22-18/h9-10,14,16H,2-8,11-12H2,1H3,(H,22,23)/t14-,16+/m1/s1. The van der Waals surface area contributed by atoms with Crippen molar-refractivity contribution in [3.8, 4) is 0 Å². The summed E-state index contributed by atoms with van der Waals surface area (Å²) in [6.45, 7) is 3.95. The first-order chi connectivity index (χ1) is 12.9. The summed E-state index contributed by atoms with van der Waals surface area (Å²) in [5.74, 6) is -0.556. The van der Waals surface area contributed by atoms with Crippen LogP contribution in [0.2, 0.25) is 5.02 Å². The average molecular weight is 397 g/mol. The highest BCUT2D eigenvalue weighted by Gasteiger charge is 2.32. The van der Waals surface area contributed by atoms with Crippen LogP contribution in [0.4, 0.5) is 10.2 Å². The molecule has 0 spiro atoms.